The number of hydroxylamine groups is 2. The zero-order valence-corrected chi connectivity index (χ0v) is 32.6. The first-order valence-electron chi connectivity index (χ1n) is 18.9. The highest BCUT2D eigenvalue weighted by Gasteiger charge is 2.51. The predicted molar refractivity (Wildman–Crippen MR) is 200 cm³/mol. The van der Waals surface area contributed by atoms with Gasteiger partial charge >= 0.3 is 0 Å². The van der Waals surface area contributed by atoms with Crippen LogP contribution < -0.4 is 5.32 Å². The molecule has 286 valence electrons. The van der Waals surface area contributed by atoms with Crippen LogP contribution >= 0.6 is 0 Å². The largest absolute Gasteiger partial charge is 0.508 e. The molecule has 2 aromatic rings. The Labute approximate surface area is 306 Å². The number of hydrogen-bond acceptors (Lipinski definition) is 8. The molecule has 0 aromatic heterocycles. The van der Waals surface area contributed by atoms with E-state index in [0.29, 0.717) is 24.3 Å². The molecule has 4 rings (SSSR count). The number of carbonyl (C=O) groups excluding carboxylic acids is 1. The van der Waals surface area contributed by atoms with E-state index in [1.807, 2.05) is 32.3 Å². The van der Waals surface area contributed by atoms with Gasteiger partial charge in [-0.2, -0.15) is 5.06 Å². The number of hydrogen-bond donors (Lipinski definition) is 4. The Bertz CT molecular complexity index is 1410. The number of benzene rings is 2. The molecule has 2 aromatic carbocycles. The van der Waals surface area contributed by atoms with E-state index in [1.165, 1.54) is 18.2 Å². The van der Waals surface area contributed by atoms with E-state index >= 15 is 4.39 Å². The molecule has 1 aliphatic heterocycles. The molecule has 0 spiro atoms. The highest BCUT2D eigenvalue weighted by Crippen LogP contribution is 2.47. The average molecular weight is 713 g/mol. The summed E-state index contributed by atoms with van der Waals surface area (Å²) in [4.78, 5) is 24.8. The molecule has 1 saturated carbocycles. The molecule has 2 aliphatic rings. The second-order valence-corrected chi connectivity index (χ2v) is 16.9. The molecule has 51 heavy (non-hydrogen) atoms. The number of carbonyl (C=O) groups is 1. The Balaban J connectivity index is 1.61. The number of likely N-dealkylation sites (N-methyl/N-ethyl adjacent to an activating group) is 1. The Morgan fingerprint density at radius 2 is 1.75 bits per heavy atom. The van der Waals surface area contributed by atoms with E-state index in [2.05, 4.69) is 69.6 Å². The fraction of sp³-hybridized carbons (Fsp3) is 0.683. The number of phenolic OH excluding ortho intramolecular Hbond substituents is 1. The summed E-state index contributed by atoms with van der Waals surface area (Å²) in [5.41, 5.74) is 2.35. The minimum absolute atomic E-state index is 0.00986. The minimum atomic E-state index is -0.882. The molecule has 0 radical (unpaired) electrons. The van der Waals surface area contributed by atoms with Gasteiger partial charge < -0.3 is 25.5 Å². The van der Waals surface area contributed by atoms with Gasteiger partial charge in [-0.3, -0.25) is 14.5 Å². The van der Waals surface area contributed by atoms with Gasteiger partial charge in [-0.05, 0) is 86.2 Å². The standard InChI is InChI=1S/C41H65FN4O5/c1-25(2)17-32(22-44(9)10)45(23-33-34(42)15-12-16-36(33)49)20-30-13-11-14-31(19-30)21-46-39(38(29(6)48)37(24-47)51-46)40(50)43-35-18-26(3)41(7,8)28(5)27(35)4/h11-16,19,25-29,32,35,37-39,47-49H,17-18,20-24H2,1-10H3,(H,43,50)/t26-,27+,28+,29+,32+,35+,37+,38-,39+/m1/s1. The van der Waals surface area contributed by atoms with Gasteiger partial charge in [0.2, 0.25) is 5.91 Å². The van der Waals surface area contributed by atoms with Crippen molar-refractivity contribution in [1.82, 2.24) is 20.2 Å². The molecule has 9 nitrogen and oxygen atoms in total. The second kappa shape index (κ2) is 17.5. The number of nitrogens with zero attached hydrogens (tertiary/aromatic N) is 3. The summed E-state index contributed by atoms with van der Waals surface area (Å²) in [5.74, 6) is 0.206. The maximum Gasteiger partial charge on any atom is 0.240 e. The van der Waals surface area contributed by atoms with Crippen LogP contribution in [0.3, 0.4) is 0 Å². The number of amides is 1. The first-order valence-corrected chi connectivity index (χ1v) is 18.9. The number of rotatable bonds is 15. The third kappa shape index (κ3) is 9.89. The van der Waals surface area contributed by atoms with Crippen molar-refractivity contribution in [3.8, 4) is 5.75 Å². The number of phenols is 1. The molecule has 1 aliphatic carbocycles. The molecule has 4 N–H and O–H groups in total. The smallest absolute Gasteiger partial charge is 0.240 e. The summed E-state index contributed by atoms with van der Waals surface area (Å²) in [5, 5.41) is 36.8. The van der Waals surface area contributed by atoms with Gasteiger partial charge in [-0.15, -0.1) is 0 Å². The van der Waals surface area contributed by atoms with E-state index < -0.39 is 30.0 Å². The van der Waals surface area contributed by atoms with Crippen LogP contribution in [0.5, 0.6) is 5.75 Å². The average Bonchev–Trinajstić information content (AvgIpc) is 3.42. The van der Waals surface area contributed by atoms with Crippen molar-refractivity contribution in [3.63, 3.8) is 0 Å². The van der Waals surface area contributed by atoms with Crippen LogP contribution in [0.1, 0.15) is 84.9 Å². The zero-order chi connectivity index (χ0) is 37.8. The highest BCUT2D eigenvalue weighted by molar-refractivity contribution is 5.82. The van der Waals surface area contributed by atoms with Gasteiger partial charge in [-0.25, -0.2) is 4.39 Å². The van der Waals surface area contributed by atoms with Crippen molar-refractivity contribution in [2.75, 3.05) is 27.2 Å². The summed E-state index contributed by atoms with van der Waals surface area (Å²) in [7, 11) is 4.07. The monoisotopic (exact) mass is 712 g/mol. The molecule has 2 fully saturated rings. The van der Waals surface area contributed by atoms with E-state index in [1.54, 1.807) is 12.0 Å². The van der Waals surface area contributed by atoms with E-state index in [0.717, 1.165) is 30.5 Å². The number of aliphatic hydroxyl groups excluding tert-OH is 2. The lowest BCUT2D eigenvalue weighted by atomic mass is 9.58. The van der Waals surface area contributed by atoms with Gasteiger partial charge in [0.05, 0.1) is 19.3 Å². The van der Waals surface area contributed by atoms with Gasteiger partial charge in [-0.1, -0.05) is 78.8 Å². The molecule has 0 bridgehead atoms. The third-order valence-corrected chi connectivity index (χ3v) is 12.2. The van der Waals surface area contributed by atoms with Crippen LogP contribution in [0.15, 0.2) is 42.5 Å². The first-order chi connectivity index (χ1) is 23.9. The predicted octanol–water partition coefficient (Wildman–Crippen LogP) is 5.81. The topological polar surface area (TPSA) is 109 Å². The van der Waals surface area contributed by atoms with Crippen molar-refractivity contribution in [2.24, 2.45) is 35.0 Å². The van der Waals surface area contributed by atoms with Crippen molar-refractivity contribution in [3.05, 3.63) is 65.0 Å². The van der Waals surface area contributed by atoms with Gasteiger partial charge in [0.25, 0.3) is 0 Å². The SMILES string of the molecule is CC(C)C[C@@H](CN(C)C)N(Cc1cccc(CN2O[C@@H](CO)[C@@H]([C@H](C)O)[C@H]2C(=O)N[C@H]2C[C@@H](C)C(C)(C)[C@@H](C)[C@@H]2C)c1)Cc1c(O)cccc1F. The Morgan fingerprint density at radius 3 is 2.35 bits per heavy atom. The molecule has 10 heteroatoms. The second-order valence-electron chi connectivity index (χ2n) is 16.9. The molecule has 1 amide bonds. The summed E-state index contributed by atoms with van der Waals surface area (Å²) in [6.45, 7) is 18.8. The van der Waals surface area contributed by atoms with Crippen LogP contribution in [0.4, 0.5) is 4.39 Å². The number of aliphatic hydroxyl groups is 2. The molecular formula is C41H65FN4O5. The van der Waals surface area contributed by atoms with Crippen molar-refractivity contribution in [2.45, 2.75) is 118 Å². The fourth-order valence-electron chi connectivity index (χ4n) is 8.47. The normalized spacial score (nSPS) is 28.0. The maximum absolute atomic E-state index is 15.0. The summed E-state index contributed by atoms with van der Waals surface area (Å²) >= 11 is 0. The van der Waals surface area contributed by atoms with Gasteiger partial charge in [0.15, 0.2) is 0 Å². The zero-order valence-electron chi connectivity index (χ0n) is 32.6. The van der Waals surface area contributed by atoms with Crippen LogP contribution in [-0.4, -0.2) is 93.7 Å². The van der Waals surface area contributed by atoms with Crippen LogP contribution in [0.2, 0.25) is 0 Å². The lowest BCUT2D eigenvalue weighted by Crippen LogP contribution is -2.56. The van der Waals surface area contributed by atoms with Crippen molar-refractivity contribution < 1.29 is 29.3 Å². The molecule has 1 saturated heterocycles. The number of aromatic hydroxyl groups is 1. The van der Waals surface area contributed by atoms with Gasteiger partial charge in [0.1, 0.15) is 23.7 Å². The Morgan fingerprint density at radius 1 is 1.08 bits per heavy atom. The quantitative estimate of drug-likeness (QED) is 0.184. The maximum atomic E-state index is 15.0. The molecule has 9 atom stereocenters. The number of nitrogens with one attached hydrogen (secondary N) is 1. The van der Waals surface area contributed by atoms with Crippen LogP contribution in [0, 0.1) is 40.8 Å². The number of halogens is 1. The molecular weight excluding hydrogens is 647 g/mol. The van der Waals surface area contributed by atoms with Crippen LogP contribution in [-0.2, 0) is 29.3 Å². The minimum Gasteiger partial charge on any atom is -0.508 e. The van der Waals surface area contributed by atoms with E-state index in [4.69, 9.17) is 4.84 Å². The van der Waals surface area contributed by atoms with Gasteiger partial charge in [0, 0.05) is 43.2 Å². The Kier molecular flexibility index (Phi) is 14.1. The molecule has 1 heterocycles. The van der Waals surface area contributed by atoms with E-state index in [9.17, 15) is 20.1 Å². The fourth-order valence-corrected chi connectivity index (χ4v) is 8.47. The highest BCUT2D eigenvalue weighted by atomic mass is 19.1. The summed E-state index contributed by atoms with van der Waals surface area (Å²) in [6.07, 6.45) is 0.155. The summed E-state index contributed by atoms with van der Waals surface area (Å²) in [6, 6.07) is 11.8. The Hall–Kier alpha value is -2.60. The third-order valence-electron chi connectivity index (χ3n) is 12.2. The summed E-state index contributed by atoms with van der Waals surface area (Å²) < 4.78 is 15.0. The van der Waals surface area contributed by atoms with Crippen molar-refractivity contribution in [1.29, 1.82) is 0 Å². The van der Waals surface area contributed by atoms with E-state index in [-0.39, 0.29) is 60.3 Å². The molecule has 0 unspecified atom stereocenters. The lowest BCUT2D eigenvalue weighted by molar-refractivity contribution is -0.182. The van der Waals surface area contributed by atoms with Crippen molar-refractivity contribution >= 4 is 5.91 Å². The van der Waals surface area contributed by atoms with Crippen LogP contribution in [0.25, 0.3) is 0 Å². The first kappa shape index (κ1) is 41.2. The lowest BCUT2D eigenvalue weighted by Gasteiger charge is -2.50.